The summed E-state index contributed by atoms with van der Waals surface area (Å²) in [6.45, 7) is 0. The van der Waals surface area contributed by atoms with Crippen LogP contribution in [0.5, 0.6) is 0 Å². The lowest BCUT2D eigenvalue weighted by atomic mass is 10.5. The molecule has 0 spiro atoms. The summed E-state index contributed by atoms with van der Waals surface area (Å²) in [4.78, 5) is 26.7. The quantitative estimate of drug-likeness (QED) is 0.413. The molecule has 0 fully saturated rings. The summed E-state index contributed by atoms with van der Waals surface area (Å²) in [5, 5.41) is 17.6. The van der Waals surface area contributed by atoms with Gasteiger partial charge in [0.2, 0.25) is 0 Å². The third kappa shape index (κ3) is 0.948. The summed E-state index contributed by atoms with van der Waals surface area (Å²) in [5.74, 6) is 0.101. The molecule has 3 aromatic heterocycles. The van der Waals surface area contributed by atoms with E-state index in [9.17, 15) is 9.59 Å². The summed E-state index contributed by atoms with van der Waals surface area (Å²) >= 11 is 0. The summed E-state index contributed by atoms with van der Waals surface area (Å²) in [6, 6.07) is 0. The smallest absolute Gasteiger partial charge is 0.290 e. The van der Waals surface area contributed by atoms with Gasteiger partial charge in [-0.05, 0) is 10.4 Å². The number of hydrogen-bond acceptors (Lipinski definition) is 7. The van der Waals surface area contributed by atoms with E-state index in [-0.39, 0.29) is 16.9 Å². The highest BCUT2D eigenvalue weighted by molar-refractivity contribution is 5.68. The van der Waals surface area contributed by atoms with E-state index in [1.807, 2.05) is 4.98 Å². The lowest BCUT2D eigenvalue weighted by Crippen LogP contribution is -2.24. The number of nitrogens with one attached hydrogen (secondary N) is 2. The van der Waals surface area contributed by atoms with E-state index in [4.69, 9.17) is 0 Å². The second-order valence-corrected chi connectivity index (χ2v) is 2.70. The molecule has 2 N–H and O–H groups in total. The van der Waals surface area contributed by atoms with Gasteiger partial charge in [0, 0.05) is 0 Å². The molecule has 3 rings (SSSR count). The molecule has 3 heterocycles. The van der Waals surface area contributed by atoms with Gasteiger partial charge >= 0.3 is 5.69 Å². The minimum absolute atomic E-state index is 0.0330. The molecule has 0 unspecified atom stereocenters. The van der Waals surface area contributed by atoms with Crippen LogP contribution in [0.1, 0.15) is 0 Å². The van der Waals surface area contributed by atoms with Gasteiger partial charge in [-0.25, -0.2) is 4.79 Å². The van der Waals surface area contributed by atoms with Gasteiger partial charge in [0.05, 0.1) is 0 Å². The SMILES string of the molecule is O=c1[nH]c(=O)c2nnc3nnnn3c2[nH]1. The number of rotatable bonds is 0. The van der Waals surface area contributed by atoms with Gasteiger partial charge in [0.15, 0.2) is 11.2 Å². The van der Waals surface area contributed by atoms with E-state index in [0.717, 1.165) is 4.52 Å². The van der Waals surface area contributed by atoms with Gasteiger partial charge in [-0.15, -0.1) is 10.2 Å². The highest BCUT2D eigenvalue weighted by Gasteiger charge is 2.09. The standard InChI is InChI=1S/C5H2N8O2/c14-3-1-2(6-5(15)7-3)13-4(9-8-1)10-11-12-13/h(H2,6,7,14,15). The molecule has 0 saturated heterocycles. The van der Waals surface area contributed by atoms with E-state index in [1.165, 1.54) is 0 Å². The zero-order chi connectivity index (χ0) is 10.4. The Morgan fingerprint density at radius 1 is 1.07 bits per heavy atom. The van der Waals surface area contributed by atoms with E-state index in [2.05, 4.69) is 30.7 Å². The number of hydrogen-bond donors (Lipinski definition) is 2. The van der Waals surface area contributed by atoms with Gasteiger partial charge in [0.1, 0.15) is 0 Å². The molecule has 0 aromatic carbocycles. The maximum atomic E-state index is 11.3. The van der Waals surface area contributed by atoms with Crippen LogP contribution in [0.2, 0.25) is 0 Å². The zero-order valence-electron chi connectivity index (χ0n) is 7.00. The third-order valence-electron chi connectivity index (χ3n) is 1.80. The van der Waals surface area contributed by atoms with Crippen molar-refractivity contribution in [2.45, 2.75) is 0 Å². The van der Waals surface area contributed by atoms with Gasteiger partial charge in [-0.2, -0.15) is 4.52 Å². The van der Waals surface area contributed by atoms with Crippen LogP contribution in [0, 0.1) is 0 Å². The van der Waals surface area contributed by atoms with Crippen molar-refractivity contribution in [3.63, 3.8) is 0 Å². The lowest BCUT2D eigenvalue weighted by molar-refractivity contribution is 0.822. The number of fused-ring (bicyclic) bond motifs is 3. The van der Waals surface area contributed by atoms with Crippen LogP contribution in [0.15, 0.2) is 9.59 Å². The van der Waals surface area contributed by atoms with Crippen molar-refractivity contribution in [2.24, 2.45) is 0 Å². The Morgan fingerprint density at radius 3 is 2.80 bits per heavy atom. The highest BCUT2D eigenvalue weighted by atomic mass is 16.2. The summed E-state index contributed by atoms with van der Waals surface area (Å²) < 4.78 is 1.12. The third-order valence-corrected chi connectivity index (χ3v) is 1.80. The number of aromatic amines is 2. The average molecular weight is 206 g/mol. The zero-order valence-corrected chi connectivity index (χ0v) is 7.00. The van der Waals surface area contributed by atoms with Crippen molar-refractivity contribution in [2.75, 3.05) is 0 Å². The van der Waals surface area contributed by atoms with Crippen LogP contribution < -0.4 is 11.2 Å². The Labute approximate surface area is 79.0 Å². The van der Waals surface area contributed by atoms with Gasteiger partial charge in [-0.1, -0.05) is 5.10 Å². The van der Waals surface area contributed by atoms with Crippen LogP contribution in [-0.4, -0.2) is 40.2 Å². The van der Waals surface area contributed by atoms with Crippen molar-refractivity contribution < 1.29 is 0 Å². The molecule has 0 saturated carbocycles. The number of nitrogens with zero attached hydrogens (tertiary/aromatic N) is 6. The van der Waals surface area contributed by atoms with Crippen LogP contribution in [0.25, 0.3) is 16.9 Å². The Bertz CT molecular complexity index is 766. The van der Waals surface area contributed by atoms with Crippen molar-refractivity contribution in [1.29, 1.82) is 0 Å². The minimum atomic E-state index is -0.655. The van der Waals surface area contributed by atoms with Gasteiger partial charge in [0.25, 0.3) is 11.3 Å². The maximum Gasteiger partial charge on any atom is 0.327 e. The molecular formula is C5H2N8O2. The summed E-state index contributed by atoms with van der Waals surface area (Å²) in [6.07, 6.45) is 0. The van der Waals surface area contributed by atoms with E-state index < -0.39 is 11.2 Å². The van der Waals surface area contributed by atoms with Crippen LogP contribution in [-0.2, 0) is 0 Å². The first kappa shape index (κ1) is 7.73. The number of H-pyrrole nitrogens is 2. The van der Waals surface area contributed by atoms with Crippen molar-refractivity contribution in [3.05, 3.63) is 20.8 Å². The van der Waals surface area contributed by atoms with Crippen LogP contribution >= 0.6 is 0 Å². The topological polar surface area (TPSA) is 135 Å². The Kier molecular flexibility index (Phi) is 1.25. The highest BCUT2D eigenvalue weighted by Crippen LogP contribution is 1.98. The molecule has 0 aliphatic heterocycles. The minimum Gasteiger partial charge on any atom is -0.290 e. The molecule has 74 valence electrons. The normalized spacial score (nSPS) is 11.2. The molecule has 0 radical (unpaired) electrons. The van der Waals surface area contributed by atoms with Crippen molar-refractivity contribution >= 4 is 16.9 Å². The number of aromatic nitrogens is 8. The first-order valence-corrected chi connectivity index (χ1v) is 3.83. The molecule has 0 aliphatic rings. The molecule has 0 bridgehead atoms. The van der Waals surface area contributed by atoms with Crippen LogP contribution in [0.4, 0.5) is 0 Å². The molecule has 15 heavy (non-hydrogen) atoms. The first-order chi connectivity index (χ1) is 7.25. The summed E-state index contributed by atoms with van der Waals surface area (Å²) in [5.41, 5.74) is -1.22. The van der Waals surface area contributed by atoms with Crippen LogP contribution in [0.3, 0.4) is 0 Å². The Hall–Kier alpha value is -2.65. The molecule has 0 aliphatic carbocycles. The fourth-order valence-corrected chi connectivity index (χ4v) is 1.20. The maximum absolute atomic E-state index is 11.3. The lowest BCUT2D eigenvalue weighted by Gasteiger charge is -1.94. The second kappa shape index (κ2) is 2.43. The Morgan fingerprint density at radius 2 is 1.93 bits per heavy atom. The van der Waals surface area contributed by atoms with E-state index in [1.54, 1.807) is 0 Å². The first-order valence-electron chi connectivity index (χ1n) is 3.83. The molecule has 10 nitrogen and oxygen atoms in total. The monoisotopic (exact) mass is 206 g/mol. The molecule has 0 atom stereocenters. The average Bonchev–Trinajstić information content (AvgIpc) is 2.65. The second-order valence-electron chi connectivity index (χ2n) is 2.70. The Balaban J connectivity index is 2.74. The predicted molar refractivity (Wildman–Crippen MR) is 45.1 cm³/mol. The fraction of sp³-hybridized carbons (Fsp3) is 0. The van der Waals surface area contributed by atoms with E-state index >= 15 is 0 Å². The largest absolute Gasteiger partial charge is 0.327 e. The molecular weight excluding hydrogens is 204 g/mol. The molecule has 0 amide bonds. The predicted octanol–water partition coefficient (Wildman–Crippen LogP) is -2.56. The van der Waals surface area contributed by atoms with Gasteiger partial charge < -0.3 is 0 Å². The van der Waals surface area contributed by atoms with E-state index in [0.29, 0.717) is 0 Å². The van der Waals surface area contributed by atoms with Gasteiger partial charge in [-0.3, -0.25) is 14.8 Å². The number of tetrazole rings is 1. The fourth-order valence-electron chi connectivity index (χ4n) is 1.20. The summed E-state index contributed by atoms with van der Waals surface area (Å²) in [7, 11) is 0. The molecule has 10 heteroatoms. The molecule has 3 aromatic rings. The van der Waals surface area contributed by atoms with Crippen molar-refractivity contribution in [1.82, 2.24) is 40.2 Å². The van der Waals surface area contributed by atoms with Crippen molar-refractivity contribution in [3.8, 4) is 0 Å².